The van der Waals surface area contributed by atoms with Crippen molar-refractivity contribution in [2.45, 2.75) is 52.4 Å². The number of benzene rings is 2. The van der Waals surface area contributed by atoms with E-state index in [1.165, 1.54) is 29.2 Å². The number of amides is 1. The third-order valence-electron chi connectivity index (χ3n) is 6.42. The van der Waals surface area contributed by atoms with Crippen LogP contribution in [0, 0.1) is 11.3 Å². The molecule has 6 nitrogen and oxygen atoms in total. The van der Waals surface area contributed by atoms with Crippen molar-refractivity contribution in [2.24, 2.45) is 11.3 Å². The molecule has 2 atom stereocenters. The standard InChI is InChI=1S/C26H31F3N4O2/c1-16-12-19(15-25(2,3)14-16)33-22-13-17(23(34)32(4)5)6-11-21(22)31-24(33)30-18-7-9-20(10-8-18)35-26(27,28)29/h6-11,13,16,19H,12,14-15H2,1-5H3,(H,30,31)/t16-,19+/m1/s1. The highest BCUT2D eigenvalue weighted by atomic mass is 19.4. The second kappa shape index (κ2) is 9.09. The Morgan fingerprint density at radius 1 is 1.14 bits per heavy atom. The number of rotatable bonds is 5. The van der Waals surface area contributed by atoms with Crippen LogP contribution in [-0.4, -0.2) is 40.8 Å². The van der Waals surface area contributed by atoms with E-state index in [4.69, 9.17) is 4.98 Å². The number of nitrogens with one attached hydrogen (secondary N) is 1. The maximum absolute atomic E-state index is 12.6. The van der Waals surface area contributed by atoms with E-state index in [0.717, 1.165) is 30.3 Å². The zero-order valence-corrected chi connectivity index (χ0v) is 20.6. The molecule has 0 saturated heterocycles. The molecule has 1 aliphatic carbocycles. The summed E-state index contributed by atoms with van der Waals surface area (Å²) in [6, 6.07) is 11.2. The summed E-state index contributed by atoms with van der Waals surface area (Å²) in [4.78, 5) is 19.0. The van der Waals surface area contributed by atoms with E-state index in [1.54, 1.807) is 20.2 Å². The highest BCUT2D eigenvalue weighted by Crippen LogP contribution is 2.46. The molecule has 1 aromatic heterocycles. The van der Waals surface area contributed by atoms with Gasteiger partial charge in [-0.25, -0.2) is 4.98 Å². The Morgan fingerprint density at radius 2 is 1.83 bits per heavy atom. The minimum Gasteiger partial charge on any atom is -0.406 e. The van der Waals surface area contributed by atoms with Crippen LogP contribution in [0.25, 0.3) is 11.0 Å². The Balaban J connectivity index is 1.76. The quantitative estimate of drug-likeness (QED) is 0.431. The topological polar surface area (TPSA) is 59.4 Å². The molecule has 0 unspecified atom stereocenters. The minimum atomic E-state index is -4.74. The third-order valence-corrected chi connectivity index (χ3v) is 6.42. The van der Waals surface area contributed by atoms with Crippen molar-refractivity contribution >= 4 is 28.6 Å². The Morgan fingerprint density at radius 3 is 2.43 bits per heavy atom. The number of nitrogens with zero attached hydrogens (tertiary/aromatic N) is 3. The number of imidazole rings is 1. The first-order chi connectivity index (χ1) is 16.3. The first-order valence-electron chi connectivity index (χ1n) is 11.7. The molecule has 4 rings (SSSR count). The van der Waals surface area contributed by atoms with Gasteiger partial charge in [0.25, 0.3) is 5.91 Å². The van der Waals surface area contributed by atoms with Crippen LogP contribution < -0.4 is 10.1 Å². The van der Waals surface area contributed by atoms with Crippen molar-refractivity contribution in [3.8, 4) is 5.75 Å². The number of hydrogen-bond donors (Lipinski definition) is 1. The van der Waals surface area contributed by atoms with Gasteiger partial charge in [-0.2, -0.15) is 0 Å². The maximum Gasteiger partial charge on any atom is 0.573 e. The van der Waals surface area contributed by atoms with E-state index in [2.05, 4.69) is 35.4 Å². The Kier molecular flexibility index (Phi) is 6.46. The first-order valence-corrected chi connectivity index (χ1v) is 11.7. The summed E-state index contributed by atoms with van der Waals surface area (Å²) in [5.74, 6) is 0.728. The molecule has 1 fully saturated rings. The van der Waals surface area contributed by atoms with E-state index >= 15 is 0 Å². The monoisotopic (exact) mass is 488 g/mol. The predicted molar refractivity (Wildman–Crippen MR) is 130 cm³/mol. The average Bonchev–Trinajstić information content (AvgIpc) is 3.09. The minimum absolute atomic E-state index is 0.0910. The van der Waals surface area contributed by atoms with Crippen molar-refractivity contribution in [2.75, 3.05) is 19.4 Å². The van der Waals surface area contributed by atoms with Crippen LogP contribution in [0.4, 0.5) is 24.8 Å². The van der Waals surface area contributed by atoms with Crippen LogP contribution in [0.15, 0.2) is 42.5 Å². The van der Waals surface area contributed by atoms with Gasteiger partial charge in [0.2, 0.25) is 5.95 Å². The molecule has 1 amide bonds. The van der Waals surface area contributed by atoms with E-state index in [-0.39, 0.29) is 23.1 Å². The summed E-state index contributed by atoms with van der Waals surface area (Å²) in [5, 5.41) is 3.28. The Bertz CT molecular complexity index is 1220. The number of anilines is 2. The lowest BCUT2D eigenvalue weighted by Gasteiger charge is -2.40. The van der Waals surface area contributed by atoms with Crippen LogP contribution in [-0.2, 0) is 0 Å². The first kappa shape index (κ1) is 24.9. The third kappa shape index (κ3) is 5.71. The molecule has 3 aromatic rings. The van der Waals surface area contributed by atoms with Crippen molar-refractivity contribution in [1.82, 2.24) is 14.5 Å². The van der Waals surface area contributed by atoms with Crippen LogP contribution in [0.3, 0.4) is 0 Å². The molecule has 9 heteroatoms. The second-order valence-corrected chi connectivity index (χ2v) is 10.5. The molecule has 0 spiro atoms. The molecular formula is C26H31F3N4O2. The van der Waals surface area contributed by atoms with Crippen LogP contribution in [0.2, 0.25) is 0 Å². The lowest BCUT2D eigenvalue weighted by Crippen LogP contribution is -2.30. The van der Waals surface area contributed by atoms with Gasteiger partial charge in [-0.05, 0) is 73.1 Å². The summed E-state index contributed by atoms with van der Waals surface area (Å²) in [7, 11) is 3.43. The largest absolute Gasteiger partial charge is 0.573 e. The number of halogens is 3. The van der Waals surface area contributed by atoms with Crippen LogP contribution >= 0.6 is 0 Å². The Hall–Kier alpha value is -3.23. The molecule has 188 valence electrons. The molecule has 1 saturated carbocycles. The summed E-state index contributed by atoms with van der Waals surface area (Å²) >= 11 is 0. The number of alkyl halides is 3. The fraction of sp³-hybridized carbons (Fsp3) is 0.462. The highest BCUT2D eigenvalue weighted by Gasteiger charge is 2.35. The number of hydrogen-bond acceptors (Lipinski definition) is 4. The van der Waals surface area contributed by atoms with E-state index in [0.29, 0.717) is 23.1 Å². The lowest BCUT2D eigenvalue weighted by atomic mass is 9.70. The molecule has 0 radical (unpaired) electrons. The second-order valence-electron chi connectivity index (χ2n) is 10.5. The Labute approximate surface area is 203 Å². The van der Waals surface area contributed by atoms with Gasteiger partial charge >= 0.3 is 6.36 Å². The smallest absolute Gasteiger partial charge is 0.406 e. The van der Waals surface area contributed by atoms with Gasteiger partial charge in [0.1, 0.15) is 5.75 Å². The number of carbonyl (C=O) groups excluding carboxylic acids is 1. The summed E-state index contributed by atoms with van der Waals surface area (Å²) in [6.45, 7) is 6.78. The average molecular weight is 489 g/mol. The van der Waals surface area contributed by atoms with Gasteiger partial charge in [-0.1, -0.05) is 20.8 Å². The van der Waals surface area contributed by atoms with Crippen molar-refractivity contribution < 1.29 is 22.7 Å². The predicted octanol–water partition coefficient (Wildman–Crippen LogP) is 6.77. The van der Waals surface area contributed by atoms with Crippen molar-refractivity contribution in [3.05, 3.63) is 48.0 Å². The molecule has 1 aliphatic rings. The van der Waals surface area contributed by atoms with Gasteiger partial charge in [0, 0.05) is 31.4 Å². The zero-order valence-electron chi connectivity index (χ0n) is 20.6. The van der Waals surface area contributed by atoms with Gasteiger partial charge < -0.3 is 19.5 Å². The van der Waals surface area contributed by atoms with Crippen LogP contribution in [0.1, 0.15) is 56.4 Å². The fourth-order valence-corrected chi connectivity index (χ4v) is 5.30. The summed E-state index contributed by atoms with van der Waals surface area (Å²) < 4.78 is 43.7. The van der Waals surface area contributed by atoms with Crippen molar-refractivity contribution in [3.63, 3.8) is 0 Å². The molecule has 35 heavy (non-hydrogen) atoms. The van der Waals surface area contributed by atoms with E-state index in [9.17, 15) is 18.0 Å². The van der Waals surface area contributed by atoms with Gasteiger partial charge in [-0.15, -0.1) is 13.2 Å². The number of carbonyl (C=O) groups is 1. The normalized spacial score (nSPS) is 20.0. The maximum atomic E-state index is 12.6. The molecule has 0 aliphatic heterocycles. The van der Waals surface area contributed by atoms with Gasteiger partial charge in [0.15, 0.2) is 0 Å². The SMILES string of the molecule is C[C@@H]1C[C@H](n2c(Nc3ccc(OC(F)(F)F)cc3)nc3ccc(C(=O)N(C)C)cc32)CC(C)(C)C1. The highest BCUT2D eigenvalue weighted by molar-refractivity contribution is 5.97. The summed E-state index contributed by atoms with van der Waals surface area (Å²) in [6.07, 6.45) is -1.70. The number of aromatic nitrogens is 2. The zero-order chi connectivity index (χ0) is 25.5. The molecule has 0 bridgehead atoms. The van der Waals surface area contributed by atoms with Crippen molar-refractivity contribution in [1.29, 1.82) is 0 Å². The lowest BCUT2D eigenvalue weighted by molar-refractivity contribution is -0.274. The van der Waals surface area contributed by atoms with E-state index in [1.807, 2.05) is 12.1 Å². The van der Waals surface area contributed by atoms with E-state index < -0.39 is 6.36 Å². The number of fused-ring (bicyclic) bond motifs is 1. The summed E-state index contributed by atoms with van der Waals surface area (Å²) in [5.41, 5.74) is 2.91. The van der Waals surface area contributed by atoms with Crippen LogP contribution in [0.5, 0.6) is 5.75 Å². The fourth-order valence-electron chi connectivity index (χ4n) is 5.30. The molecule has 1 N–H and O–H groups in total. The van der Waals surface area contributed by atoms with Gasteiger partial charge in [0.05, 0.1) is 11.0 Å². The molecular weight excluding hydrogens is 457 g/mol. The molecule has 1 heterocycles. The number of ether oxygens (including phenoxy) is 1. The molecule has 2 aromatic carbocycles. The van der Waals surface area contributed by atoms with Gasteiger partial charge in [-0.3, -0.25) is 4.79 Å².